The molecule has 2 aliphatic heterocycles. The summed E-state index contributed by atoms with van der Waals surface area (Å²) in [6.07, 6.45) is 12.7. The van der Waals surface area contributed by atoms with Crippen LogP contribution in [0.5, 0.6) is 0 Å². The molecule has 3 rings (SSSR count). The molecule has 2 heterocycles. The Morgan fingerprint density at radius 1 is 1.12 bits per heavy atom. The Morgan fingerprint density at radius 2 is 1.88 bits per heavy atom. The molecule has 1 aromatic rings. The summed E-state index contributed by atoms with van der Waals surface area (Å²) in [5.41, 5.74) is 6.38. The Hall–Kier alpha value is -3.19. The van der Waals surface area contributed by atoms with E-state index in [1.807, 2.05) is 54.6 Å². The van der Waals surface area contributed by atoms with Crippen LogP contribution in [0.25, 0.3) is 0 Å². The van der Waals surface area contributed by atoms with Crippen LogP contribution >= 0.6 is 0 Å². The van der Waals surface area contributed by atoms with Crippen LogP contribution in [0.1, 0.15) is 43.7 Å². The zero-order valence-electron chi connectivity index (χ0n) is 18.3. The summed E-state index contributed by atoms with van der Waals surface area (Å²) < 4.78 is 0. The van der Waals surface area contributed by atoms with Crippen LogP contribution in [-0.4, -0.2) is 47.3 Å². The molecule has 0 spiro atoms. The van der Waals surface area contributed by atoms with Crippen molar-refractivity contribution in [3.05, 3.63) is 72.9 Å². The SMILES string of the molecule is C=C/C=C\C=C/CC(NC(=O)[C@@H]1CC[C@@H]2CC[C@H](NC(=O)CN)C(=O)N21)c1ccccc1. The van der Waals surface area contributed by atoms with Gasteiger partial charge in [-0.05, 0) is 37.7 Å². The number of hydrogen-bond acceptors (Lipinski definition) is 4. The van der Waals surface area contributed by atoms with E-state index in [1.165, 1.54) is 0 Å². The number of nitrogens with zero attached hydrogens (tertiary/aromatic N) is 1. The van der Waals surface area contributed by atoms with E-state index in [1.54, 1.807) is 11.0 Å². The molecule has 0 saturated carbocycles. The van der Waals surface area contributed by atoms with E-state index in [2.05, 4.69) is 17.2 Å². The van der Waals surface area contributed by atoms with Gasteiger partial charge in [0.05, 0.1) is 12.6 Å². The average molecular weight is 437 g/mol. The largest absolute Gasteiger partial charge is 0.347 e. The quantitative estimate of drug-likeness (QED) is 0.516. The highest BCUT2D eigenvalue weighted by Gasteiger charge is 2.46. The maximum Gasteiger partial charge on any atom is 0.246 e. The number of piperidine rings is 1. The van der Waals surface area contributed by atoms with Crippen molar-refractivity contribution < 1.29 is 14.4 Å². The first kappa shape index (κ1) is 23.5. The summed E-state index contributed by atoms with van der Waals surface area (Å²) in [6.45, 7) is 3.49. The van der Waals surface area contributed by atoms with Crippen LogP contribution in [0, 0.1) is 0 Å². The van der Waals surface area contributed by atoms with Crippen LogP contribution < -0.4 is 16.4 Å². The minimum absolute atomic E-state index is 0.0448. The van der Waals surface area contributed by atoms with Gasteiger partial charge in [0.1, 0.15) is 12.1 Å². The number of benzene rings is 1. The van der Waals surface area contributed by atoms with Gasteiger partial charge in [0.2, 0.25) is 17.7 Å². The van der Waals surface area contributed by atoms with Gasteiger partial charge in [-0.2, -0.15) is 0 Å². The fourth-order valence-corrected chi connectivity index (χ4v) is 4.47. The Kier molecular flexibility index (Phi) is 8.39. The molecule has 32 heavy (non-hydrogen) atoms. The molecule has 1 unspecified atom stereocenters. The van der Waals surface area contributed by atoms with Crippen molar-refractivity contribution in [1.82, 2.24) is 15.5 Å². The van der Waals surface area contributed by atoms with Crippen molar-refractivity contribution in [3.63, 3.8) is 0 Å². The number of nitrogens with one attached hydrogen (secondary N) is 2. The number of allylic oxidation sites excluding steroid dienone is 4. The van der Waals surface area contributed by atoms with Crippen molar-refractivity contribution >= 4 is 17.7 Å². The monoisotopic (exact) mass is 436 g/mol. The topological polar surface area (TPSA) is 105 Å². The highest BCUT2D eigenvalue weighted by molar-refractivity contribution is 5.93. The third-order valence-electron chi connectivity index (χ3n) is 6.05. The Morgan fingerprint density at radius 3 is 2.59 bits per heavy atom. The first-order valence-corrected chi connectivity index (χ1v) is 11.2. The molecule has 7 nitrogen and oxygen atoms in total. The summed E-state index contributed by atoms with van der Waals surface area (Å²) in [5, 5.41) is 5.84. The van der Waals surface area contributed by atoms with E-state index in [0.717, 1.165) is 18.4 Å². The van der Waals surface area contributed by atoms with Crippen LogP contribution in [0.3, 0.4) is 0 Å². The van der Waals surface area contributed by atoms with E-state index in [4.69, 9.17) is 5.73 Å². The van der Waals surface area contributed by atoms with Gasteiger partial charge in [-0.1, -0.05) is 67.3 Å². The molecule has 3 amide bonds. The van der Waals surface area contributed by atoms with Crippen molar-refractivity contribution in [3.8, 4) is 0 Å². The third kappa shape index (κ3) is 5.73. The molecule has 170 valence electrons. The number of rotatable bonds is 9. The molecule has 4 N–H and O–H groups in total. The number of fused-ring (bicyclic) bond motifs is 1. The first-order chi connectivity index (χ1) is 15.5. The second-order valence-corrected chi connectivity index (χ2v) is 8.15. The predicted molar refractivity (Wildman–Crippen MR) is 124 cm³/mol. The highest BCUT2D eigenvalue weighted by Crippen LogP contribution is 2.33. The van der Waals surface area contributed by atoms with E-state index in [0.29, 0.717) is 19.3 Å². The van der Waals surface area contributed by atoms with Gasteiger partial charge in [-0.25, -0.2) is 0 Å². The minimum atomic E-state index is -0.611. The molecule has 0 aromatic heterocycles. The predicted octanol–water partition coefficient (Wildman–Crippen LogP) is 2.13. The second-order valence-electron chi connectivity index (χ2n) is 8.15. The molecule has 2 saturated heterocycles. The zero-order chi connectivity index (χ0) is 22.9. The number of hydrogen-bond donors (Lipinski definition) is 3. The van der Waals surface area contributed by atoms with Gasteiger partial charge in [0, 0.05) is 6.04 Å². The Labute approximate surface area is 189 Å². The molecular weight excluding hydrogens is 404 g/mol. The van der Waals surface area contributed by atoms with Crippen LogP contribution in [0.15, 0.2) is 67.3 Å². The number of carbonyl (C=O) groups is 3. The van der Waals surface area contributed by atoms with Crippen molar-refractivity contribution in [2.24, 2.45) is 5.73 Å². The van der Waals surface area contributed by atoms with E-state index >= 15 is 0 Å². The summed E-state index contributed by atoms with van der Waals surface area (Å²) >= 11 is 0. The molecule has 4 atom stereocenters. The molecular formula is C25H32N4O3. The van der Waals surface area contributed by atoms with Crippen LogP contribution in [0.4, 0.5) is 0 Å². The smallest absolute Gasteiger partial charge is 0.246 e. The number of amides is 3. The Bertz CT molecular complexity index is 880. The minimum Gasteiger partial charge on any atom is -0.347 e. The molecule has 0 radical (unpaired) electrons. The van der Waals surface area contributed by atoms with Crippen molar-refractivity contribution in [1.29, 1.82) is 0 Å². The second kappa shape index (κ2) is 11.4. The molecule has 0 bridgehead atoms. The van der Waals surface area contributed by atoms with Gasteiger partial charge in [0.25, 0.3) is 0 Å². The van der Waals surface area contributed by atoms with E-state index < -0.39 is 12.1 Å². The first-order valence-electron chi connectivity index (χ1n) is 11.2. The number of carbonyl (C=O) groups excluding carboxylic acids is 3. The maximum absolute atomic E-state index is 13.3. The van der Waals surface area contributed by atoms with Gasteiger partial charge < -0.3 is 21.3 Å². The maximum atomic E-state index is 13.3. The summed E-state index contributed by atoms with van der Waals surface area (Å²) in [5.74, 6) is -0.703. The Balaban J connectivity index is 1.71. The lowest BCUT2D eigenvalue weighted by molar-refractivity contribution is -0.146. The van der Waals surface area contributed by atoms with Crippen molar-refractivity contribution in [2.45, 2.75) is 56.3 Å². The number of nitrogens with two attached hydrogens (primary N) is 1. The summed E-state index contributed by atoms with van der Waals surface area (Å²) in [6, 6.07) is 8.50. The molecule has 2 aliphatic rings. The van der Waals surface area contributed by atoms with Crippen LogP contribution in [0.2, 0.25) is 0 Å². The lowest BCUT2D eigenvalue weighted by Gasteiger charge is -2.38. The van der Waals surface area contributed by atoms with Crippen LogP contribution in [-0.2, 0) is 14.4 Å². The average Bonchev–Trinajstić information content (AvgIpc) is 3.25. The fraction of sp³-hybridized carbons (Fsp3) is 0.400. The fourth-order valence-electron chi connectivity index (χ4n) is 4.47. The zero-order valence-corrected chi connectivity index (χ0v) is 18.3. The lowest BCUT2D eigenvalue weighted by atomic mass is 9.98. The van der Waals surface area contributed by atoms with Gasteiger partial charge in [-0.3, -0.25) is 14.4 Å². The third-order valence-corrected chi connectivity index (χ3v) is 6.05. The molecule has 1 aromatic carbocycles. The van der Waals surface area contributed by atoms with E-state index in [-0.39, 0.29) is 36.3 Å². The van der Waals surface area contributed by atoms with Gasteiger partial charge in [-0.15, -0.1) is 0 Å². The summed E-state index contributed by atoms with van der Waals surface area (Å²) in [7, 11) is 0. The standard InChI is InChI=1S/C25H32N4O3/c1-2-3-4-5-9-12-20(18-10-7-6-8-11-18)28-24(31)22-16-14-19-13-15-21(25(32)29(19)22)27-23(30)17-26/h2-11,19-22H,1,12-17,26H2,(H,27,30)(H,28,31)/b4-3-,9-5-/t19-,20?,21-,22-/m0/s1. The normalized spacial score (nSPS) is 23.8. The highest BCUT2D eigenvalue weighted by atomic mass is 16.2. The van der Waals surface area contributed by atoms with Crippen molar-refractivity contribution in [2.75, 3.05) is 6.54 Å². The molecule has 0 aliphatic carbocycles. The summed E-state index contributed by atoms with van der Waals surface area (Å²) in [4.78, 5) is 39.7. The lowest BCUT2D eigenvalue weighted by Crippen LogP contribution is -2.59. The van der Waals surface area contributed by atoms with E-state index in [9.17, 15) is 14.4 Å². The van der Waals surface area contributed by atoms with Gasteiger partial charge in [0.15, 0.2) is 0 Å². The molecule has 2 fully saturated rings. The van der Waals surface area contributed by atoms with Gasteiger partial charge >= 0.3 is 0 Å². The molecule has 7 heteroatoms.